The fourth-order valence-corrected chi connectivity index (χ4v) is 5.89. The first-order chi connectivity index (χ1) is 15.5. The minimum absolute atomic E-state index is 0.153. The quantitative estimate of drug-likeness (QED) is 0.253. The van der Waals surface area contributed by atoms with Crippen LogP contribution in [0.3, 0.4) is 0 Å². The van der Waals surface area contributed by atoms with Gasteiger partial charge in [-0.05, 0) is 30.0 Å². The summed E-state index contributed by atoms with van der Waals surface area (Å²) in [6, 6.07) is 16.8. The number of benzene rings is 2. The molecule has 5 rings (SSSR count). The van der Waals surface area contributed by atoms with Crippen molar-refractivity contribution < 1.29 is 19.6 Å². The van der Waals surface area contributed by atoms with Crippen molar-refractivity contribution in [1.82, 2.24) is 0 Å². The van der Waals surface area contributed by atoms with Crippen molar-refractivity contribution in [3.8, 4) is 0 Å². The molecule has 0 fully saturated rings. The van der Waals surface area contributed by atoms with Crippen LogP contribution in [0.1, 0.15) is 16.7 Å². The van der Waals surface area contributed by atoms with E-state index in [1.807, 2.05) is 65.3 Å². The fourth-order valence-electron chi connectivity index (χ4n) is 4.35. The highest BCUT2D eigenvalue weighted by atomic mass is 32.2. The molecule has 8 heteroatoms. The monoisotopic (exact) mass is 444 g/mol. The minimum Gasteiger partial charge on any atom is -0.417 e. The molecule has 0 radical (unpaired) electrons. The van der Waals surface area contributed by atoms with E-state index in [-0.39, 0.29) is 16.3 Å². The predicted molar refractivity (Wildman–Crippen MR) is 122 cm³/mol. The molecule has 7 nitrogen and oxygen atoms in total. The fraction of sp³-hybridized carbons (Fsp3) is 0.0833. The van der Waals surface area contributed by atoms with Crippen LogP contribution in [0.4, 0.5) is 0 Å². The van der Waals surface area contributed by atoms with Gasteiger partial charge in [0.25, 0.3) is 5.71 Å². The third-order valence-electron chi connectivity index (χ3n) is 5.68. The van der Waals surface area contributed by atoms with E-state index in [4.69, 9.17) is 0 Å². The van der Waals surface area contributed by atoms with Gasteiger partial charge in [-0.3, -0.25) is 15.3 Å². The van der Waals surface area contributed by atoms with Crippen LogP contribution in [0.15, 0.2) is 102 Å². The van der Waals surface area contributed by atoms with Gasteiger partial charge in [0.2, 0.25) is 5.71 Å². The smallest absolute Gasteiger partial charge is 0.339 e. The SMILES string of the molecule is O=[N+]([O-])C1=C/C(=[N+](/[O-])O)c2ccccc2[C@]12SC1=CC=CC=CC1=[N+]2Cc1ccccc1. The lowest BCUT2D eigenvalue weighted by molar-refractivity contribution is -0.725. The van der Waals surface area contributed by atoms with Gasteiger partial charge in [0.15, 0.2) is 6.54 Å². The summed E-state index contributed by atoms with van der Waals surface area (Å²) in [7, 11) is 0. The van der Waals surface area contributed by atoms with Gasteiger partial charge in [-0.15, -0.1) is 0 Å². The standard InChI is InChI=1S/C24H18N3O4S/c28-26(29)21-15-23(27(30)31)24(19-12-8-7-11-18(19)21)25(16-17-9-3-1-4-10-17)20-13-5-2-6-14-22(20)32-24/h1-15H,16H2,(H,28,29)/q+1/t24-/m0/s1. The molecule has 0 bridgehead atoms. The maximum absolute atomic E-state index is 12.4. The van der Waals surface area contributed by atoms with E-state index in [9.17, 15) is 20.5 Å². The summed E-state index contributed by atoms with van der Waals surface area (Å²) in [6.45, 7) is 0.417. The van der Waals surface area contributed by atoms with E-state index in [1.165, 1.54) is 17.8 Å². The first kappa shape index (κ1) is 20.0. The highest BCUT2D eigenvalue weighted by Crippen LogP contribution is 2.55. The van der Waals surface area contributed by atoms with Crippen LogP contribution in [-0.4, -0.2) is 31.0 Å². The van der Waals surface area contributed by atoms with Crippen LogP contribution in [0.2, 0.25) is 0 Å². The van der Waals surface area contributed by atoms with Crippen LogP contribution < -0.4 is 0 Å². The Kier molecular flexibility index (Phi) is 4.79. The number of fused-ring (bicyclic) bond motifs is 3. The molecule has 1 aliphatic heterocycles. The lowest BCUT2D eigenvalue weighted by atomic mass is 9.87. The average Bonchev–Trinajstić information content (AvgIpc) is 2.93. The zero-order valence-corrected chi connectivity index (χ0v) is 17.6. The molecule has 2 aromatic rings. The van der Waals surface area contributed by atoms with E-state index in [1.54, 1.807) is 24.3 Å². The number of hydrogen-bond acceptors (Lipinski definition) is 5. The zero-order chi connectivity index (χ0) is 22.3. The molecule has 0 saturated carbocycles. The van der Waals surface area contributed by atoms with E-state index in [2.05, 4.69) is 0 Å². The molecular weight excluding hydrogens is 426 g/mol. The summed E-state index contributed by atoms with van der Waals surface area (Å²) < 4.78 is 2.01. The van der Waals surface area contributed by atoms with Crippen LogP contribution in [-0.2, 0) is 11.4 Å². The number of rotatable bonds is 3. The van der Waals surface area contributed by atoms with Gasteiger partial charge in [-0.2, -0.15) is 4.58 Å². The first-order valence-corrected chi connectivity index (χ1v) is 10.8. The molecule has 0 aromatic heterocycles. The van der Waals surface area contributed by atoms with Crippen molar-refractivity contribution in [2.75, 3.05) is 0 Å². The van der Waals surface area contributed by atoms with Gasteiger partial charge >= 0.3 is 10.6 Å². The highest BCUT2D eigenvalue weighted by molar-refractivity contribution is 8.05. The van der Waals surface area contributed by atoms with E-state index in [0.717, 1.165) is 16.2 Å². The summed E-state index contributed by atoms with van der Waals surface area (Å²) >= 11 is 1.37. The third kappa shape index (κ3) is 2.99. The second-order valence-corrected chi connectivity index (χ2v) is 8.70. The molecular formula is C24H18N3O4S+. The molecule has 0 amide bonds. The summed E-state index contributed by atoms with van der Waals surface area (Å²) in [4.78, 5) is 11.3. The second-order valence-electron chi connectivity index (χ2n) is 7.47. The van der Waals surface area contributed by atoms with Crippen molar-refractivity contribution in [1.29, 1.82) is 0 Å². The Balaban J connectivity index is 1.85. The first-order valence-electron chi connectivity index (χ1n) is 9.95. The molecule has 0 unspecified atom stereocenters. The van der Waals surface area contributed by atoms with Gasteiger partial charge in [-0.1, -0.05) is 60.7 Å². The lowest BCUT2D eigenvalue weighted by Crippen LogP contribution is -2.43. The Hall–Kier alpha value is -3.91. The van der Waals surface area contributed by atoms with Crippen molar-refractivity contribution in [3.05, 3.63) is 134 Å². The maximum atomic E-state index is 12.4. The number of nitro groups is 1. The zero-order valence-electron chi connectivity index (χ0n) is 16.8. The summed E-state index contributed by atoms with van der Waals surface area (Å²) in [5, 5.41) is 34.0. The molecule has 32 heavy (non-hydrogen) atoms. The van der Waals surface area contributed by atoms with E-state index >= 15 is 0 Å². The summed E-state index contributed by atoms with van der Waals surface area (Å²) in [5.74, 6) is 0. The van der Waals surface area contributed by atoms with Crippen molar-refractivity contribution >= 4 is 23.2 Å². The molecule has 1 spiro atoms. The highest BCUT2D eigenvalue weighted by Gasteiger charge is 2.65. The van der Waals surface area contributed by atoms with Gasteiger partial charge in [0, 0.05) is 16.5 Å². The van der Waals surface area contributed by atoms with Crippen LogP contribution in [0.25, 0.3) is 0 Å². The van der Waals surface area contributed by atoms with Gasteiger partial charge in [0.05, 0.1) is 27.0 Å². The lowest BCUT2D eigenvalue weighted by Gasteiger charge is -2.27. The Morgan fingerprint density at radius 2 is 1.75 bits per heavy atom. The Morgan fingerprint density at radius 3 is 2.50 bits per heavy atom. The van der Waals surface area contributed by atoms with Gasteiger partial charge in [-0.25, -0.2) is 0 Å². The molecule has 1 heterocycles. The maximum Gasteiger partial charge on any atom is 0.339 e. The van der Waals surface area contributed by atoms with Crippen molar-refractivity contribution in [2.24, 2.45) is 0 Å². The largest absolute Gasteiger partial charge is 0.417 e. The van der Waals surface area contributed by atoms with Crippen LogP contribution >= 0.6 is 11.8 Å². The minimum atomic E-state index is -1.22. The average molecular weight is 444 g/mol. The van der Waals surface area contributed by atoms with Crippen LogP contribution in [0.5, 0.6) is 0 Å². The topological polar surface area (TPSA) is 92.5 Å². The third-order valence-corrected chi connectivity index (χ3v) is 7.19. The molecule has 158 valence electrons. The van der Waals surface area contributed by atoms with E-state index in [0.29, 0.717) is 17.7 Å². The van der Waals surface area contributed by atoms with E-state index < -0.39 is 9.79 Å². The summed E-state index contributed by atoms with van der Waals surface area (Å²) in [5.41, 5.74) is 2.56. The molecule has 0 saturated heterocycles. The number of allylic oxidation sites excluding steroid dienone is 7. The molecule has 2 aromatic carbocycles. The van der Waals surface area contributed by atoms with Crippen molar-refractivity contribution in [3.63, 3.8) is 0 Å². The Labute approximate surface area is 188 Å². The summed E-state index contributed by atoms with van der Waals surface area (Å²) in [6.07, 6.45) is 10.8. The molecule has 1 atom stereocenters. The normalized spacial score (nSPS) is 22.8. The second kappa shape index (κ2) is 7.65. The van der Waals surface area contributed by atoms with Gasteiger partial charge < -0.3 is 5.21 Å². The van der Waals surface area contributed by atoms with Crippen LogP contribution in [0, 0.1) is 15.3 Å². The molecule has 2 aliphatic carbocycles. The molecule has 1 N–H and O–H groups in total. The van der Waals surface area contributed by atoms with Crippen molar-refractivity contribution in [2.45, 2.75) is 11.4 Å². The Morgan fingerprint density at radius 1 is 1.00 bits per heavy atom. The predicted octanol–water partition coefficient (Wildman–Crippen LogP) is 4.11. The number of nitrogens with zero attached hydrogens (tertiary/aromatic N) is 3. The van der Waals surface area contributed by atoms with Gasteiger partial charge in [0.1, 0.15) is 0 Å². The number of thioether (sulfide) groups is 1. The molecule has 3 aliphatic rings. The Bertz CT molecular complexity index is 1320. The number of hydrogen-bond donors (Lipinski definition) is 1.